The van der Waals surface area contributed by atoms with Gasteiger partial charge in [0, 0.05) is 23.9 Å². The second kappa shape index (κ2) is 13.4. The SMILES string of the molecule is CS(=O)(=O)CCNCc1ccc(-c2cc3c(Nc4ccc(S(=O)(=O)c5ccccc5)cc4)ncnc3cn2)o1.Cl.Cl. The number of sulfone groups is 2. The molecule has 5 aromatic rings. The summed E-state index contributed by atoms with van der Waals surface area (Å²) in [7, 11) is -6.65. The van der Waals surface area contributed by atoms with E-state index in [0.717, 1.165) is 0 Å². The Hall–Kier alpha value is -3.55. The van der Waals surface area contributed by atoms with Crippen LogP contribution in [0.4, 0.5) is 11.5 Å². The molecule has 0 aliphatic carbocycles. The van der Waals surface area contributed by atoms with Crippen molar-refractivity contribution in [1.29, 1.82) is 0 Å². The number of nitrogens with zero attached hydrogens (tertiary/aromatic N) is 3. The zero-order valence-electron chi connectivity index (χ0n) is 21.7. The lowest BCUT2D eigenvalue weighted by Crippen LogP contribution is -2.21. The van der Waals surface area contributed by atoms with Crippen molar-refractivity contribution in [3.63, 3.8) is 0 Å². The summed E-state index contributed by atoms with van der Waals surface area (Å²) in [4.78, 5) is 13.5. The van der Waals surface area contributed by atoms with E-state index < -0.39 is 19.7 Å². The van der Waals surface area contributed by atoms with Gasteiger partial charge in [-0.05, 0) is 54.6 Å². The van der Waals surface area contributed by atoms with Crippen molar-refractivity contribution < 1.29 is 21.3 Å². The lowest BCUT2D eigenvalue weighted by molar-refractivity contribution is 0.496. The maximum Gasteiger partial charge on any atom is 0.206 e. The van der Waals surface area contributed by atoms with Gasteiger partial charge in [0.15, 0.2) is 5.76 Å². The molecule has 0 bridgehead atoms. The van der Waals surface area contributed by atoms with E-state index in [2.05, 4.69) is 25.6 Å². The molecule has 0 spiro atoms. The molecule has 0 aliphatic rings. The highest BCUT2D eigenvalue weighted by Crippen LogP contribution is 2.29. The van der Waals surface area contributed by atoms with Crippen molar-refractivity contribution in [3.05, 3.63) is 91.1 Å². The van der Waals surface area contributed by atoms with Crippen LogP contribution in [-0.2, 0) is 26.2 Å². The van der Waals surface area contributed by atoms with Crippen LogP contribution in [0.15, 0.2) is 99.5 Å². The summed E-state index contributed by atoms with van der Waals surface area (Å²) in [6, 6.07) is 20.2. The van der Waals surface area contributed by atoms with Gasteiger partial charge in [-0.1, -0.05) is 18.2 Å². The average molecular weight is 637 g/mol. The van der Waals surface area contributed by atoms with Gasteiger partial charge in [0.2, 0.25) is 9.84 Å². The third-order valence-corrected chi connectivity index (χ3v) is 8.60. The van der Waals surface area contributed by atoms with E-state index in [1.807, 2.05) is 6.07 Å². The number of nitrogens with one attached hydrogen (secondary N) is 2. The molecule has 3 aromatic heterocycles. The highest BCUT2D eigenvalue weighted by molar-refractivity contribution is 7.91. The molecule has 0 radical (unpaired) electrons. The Kier molecular flexibility index (Phi) is 10.5. The lowest BCUT2D eigenvalue weighted by Gasteiger charge is -2.10. The molecule has 0 fully saturated rings. The van der Waals surface area contributed by atoms with Crippen molar-refractivity contribution in [3.8, 4) is 11.5 Å². The van der Waals surface area contributed by atoms with Crippen molar-refractivity contribution in [2.45, 2.75) is 16.3 Å². The van der Waals surface area contributed by atoms with Gasteiger partial charge in [0.25, 0.3) is 0 Å². The van der Waals surface area contributed by atoms with Crippen LogP contribution < -0.4 is 10.6 Å². The molecule has 0 saturated carbocycles. The second-order valence-corrected chi connectivity index (χ2v) is 13.1. The van der Waals surface area contributed by atoms with Crippen LogP contribution in [-0.4, -0.2) is 50.3 Å². The van der Waals surface area contributed by atoms with Crippen molar-refractivity contribution >= 4 is 66.9 Å². The van der Waals surface area contributed by atoms with Crippen LogP contribution >= 0.6 is 24.8 Å². The van der Waals surface area contributed by atoms with Gasteiger partial charge < -0.3 is 15.1 Å². The summed E-state index contributed by atoms with van der Waals surface area (Å²) in [5.74, 6) is 1.76. The number of fused-ring (bicyclic) bond motifs is 1. The first-order valence-corrected chi connectivity index (χ1v) is 15.5. The van der Waals surface area contributed by atoms with E-state index in [9.17, 15) is 16.8 Å². The molecule has 0 atom stereocenters. The fraction of sp³-hybridized carbons (Fsp3) is 0.148. The van der Waals surface area contributed by atoms with Gasteiger partial charge in [-0.2, -0.15) is 0 Å². The Balaban J connectivity index is 0.00000231. The maximum absolute atomic E-state index is 12.9. The number of hydrogen-bond acceptors (Lipinski definition) is 10. The molecular weight excluding hydrogens is 609 g/mol. The molecular formula is C27H27Cl2N5O5S2. The Morgan fingerprint density at radius 1 is 0.829 bits per heavy atom. The van der Waals surface area contributed by atoms with Gasteiger partial charge >= 0.3 is 0 Å². The van der Waals surface area contributed by atoms with Crippen LogP contribution in [0.25, 0.3) is 22.4 Å². The number of hydrogen-bond donors (Lipinski definition) is 2. The highest BCUT2D eigenvalue weighted by Gasteiger charge is 2.17. The van der Waals surface area contributed by atoms with Crippen molar-refractivity contribution in [2.75, 3.05) is 23.9 Å². The Labute approximate surface area is 250 Å². The highest BCUT2D eigenvalue weighted by atomic mass is 35.5. The number of halogens is 2. The van der Waals surface area contributed by atoms with E-state index in [1.54, 1.807) is 72.9 Å². The molecule has 2 aromatic carbocycles. The number of furan rings is 1. The molecule has 41 heavy (non-hydrogen) atoms. The van der Waals surface area contributed by atoms with Gasteiger partial charge in [0.1, 0.15) is 33.4 Å². The third kappa shape index (κ3) is 7.80. The summed E-state index contributed by atoms with van der Waals surface area (Å²) in [5.41, 5.74) is 1.85. The fourth-order valence-electron chi connectivity index (χ4n) is 3.86. The molecule has 0 saturated heterocycles. The molecule has 0 unspecified atom stereocenters. The normalized spacial score (nSPS) is 11.4. The zero-order chi connectivity index (χ0) is 27.5. The van der Waals surface area contributed by atoms with Crippen LogP contribution in [0.5, 0.6) is 0 Å². The molecule has 2 N–H and O–H groups in total. The van der Waals surface area contributed by atoms with E-state index in [-0.39, 0.29) is 40.4 Å². The number of benzene rings is 2. The number of aromatic nitrogens is 3. The number of rotatable bonds is 10. The second-order valence-electron chi connectivity index (χ2n) is 8.85. The van der Waals surface area contributed by atoms with Gasteiger partial charge in [0.05, 0.1) is 33.8 Å². The minimum absolute atomic E-state index is 0. The summed E-state index contributed by atoms with van der Waals surface area (Å²) in [6.45, 7) is 0.712. The summed E-state index contributed by atoms with van der Waals surface area (Å²) < 4.78 is 54.2. The minimum atomic E-state index is -3.62. The minimum Gasteiger partial charge on any atom is -0.458 e. The summed E-state index contributed by atoms with van der Waals surface area (Å²) in [6.07, 6.45) is 4.25. The monoisotopic (exact) mass is 635 g/mol. The first-order valence-electron chi connectivity index (χ1n) is 11.9. The predicted octanol–water partition coefficient (Wildman–Crippen LogP) is 4.84. The zero-order valence-corrected chi connectivity index (χ0v) is 25.0. The van der Waals surface area contributed by atoms with Gasteiger partial charge in [-0.3, -0.25) is 4.98 Å². The van der Waals surface area contributed by atoms with E-state index in [0.29, 0.717) is 52.7 Å². The quantitative estimate of drug-likeness (QED) is 0.204. The number of anilines is 2. The largest absolute Gasteiger partial charge is 0.458 e. The Bertz CT molecular complexity index is 1830. The molecule has 3 heterocycles. The summed E-state index contributed by atoms with van der Waals surface area (Å²) >= 11 is 0. The molecule has 14 heteroatoms. The molecule has 10 nitrogen and oxygen atoms in total. The topological polar surface area (TPSA) is 144 Å². The molecule has 0 aliphatic heterocycles. The Morgan fingerprint density at radius 3 is 2.24 bits per heavy atom. The van der Waals surface area contributed by atoms with Crippen LogP contribution in [0.1, 0.15) is 5.76 Å². The molecule has 0 amide bonds. The first-order chi connectivity index (χ1) is 18.7. The number of pyridine rings is 1. The van der Waals surface area contributed by atoms with Crippen LogP contribution in [0.2, 0.25) is 0 Å². The molecule has 216 valence electrons. The first kappa shape index (κ1) is 32.0. The van der Waals surface area contributed by atoms with E-state index >= 15 is 0 Å². The van der Waals surface area contributed by atoms with Crippen LogP contribution in [0, 0.1) is 0 Å². The average Bonchev–Trinajstić information content (AvgIpc) is 3.40. The van der Waals surface area contributed by atoms with Crippen LogP contribution in [0.3, 0.4) is 0 Å². The van der Waals surface area contributed by atoms with Crippen molar-refractivity contribution in [1.82, 2.24) is 20.3 Å². The van der Waals surface area contributed by atoms with E-state index in [4.69, 9.17) is 4.42 Å². The third-order valence-electron chi connectivity index (χ3n) is 5.87. The van der Waals surface area contributed by atoms with Crippen molar-refractivity contribution in [2.24, 2.45) is 0 Å². The lowest BCUT2D eigenvalue weighted by atomic mass is 10.2. The fourth-order valence-corrected chi connectivity index (χ4v) is 5.66. The maximum atomic E-state index is 12.9. The standard InChI is InChI=1S/C27H25N5O5S2.2ClH/c1-38(33,34)14-13-28-16-20-9-12-26(37-20)24-15-23-25(17-29-24)30-18-31-27(23)32-19-7-10-22(11-8-19)39(35,36)21-5-3-2-4-6-21;;/h2-12,15,17-18,28H,13-14,16H2,1H3,(H,30,31,32);2*1H. The Morgan fingerprint density at radius 2 is 1.54 bits per heavy atom. The van der Waals surface area contributed by atoms with Gasteiger partial charge in [-0.25, -0.2) is 26.8 Å². The summed E-state index contributed by atoms with van der Waals surface area (Å²) in [5, 5.41) is 6.98. The van der Waals surface area contributed by atoms with E-state index in [1.165, 1.54) is 12.6 Å². The van der Waals surface area contributed by atoms with Gasteiger partial charge in [-0.15, -0.1) is 24.8 Å². The molecule has 5 rings (SSSR count). The smallest absolute Gasteiger partial charge is 0.206 e. The predicted molar refractivity (Wildman–Crippen MR) is 163 cm³/mol.